The summed E-state index contributed by atoms with van der Waals surface area (Å²) in [6.45, 7) is 7.42. The minimum absolute atomic E-state index is 0.0797. The molecule has 1 saturated carbocycles. The molecule has 0 amide bonds. The number of methoxy groups -OCH3 is 1. The summed E-state index contributed by atoms with van der Waals surface area (Å²) in [5.41, 5.74) is 0.844. The maximum atomic E-state index is 13.3. The normalized spacial score (nSPS) is 19.6. The van der Waals surface area contributed by atoms with Crippen LogP contribution in [0.1, 0.15) is 82.6 Å². The molecule has 17 heteroatoms. The van der Waals surface area contributed by atoms with Gasteiger partial charge in [0.1, 0.15) is 18.0 Å². The molecule has 0 saturated heterocycles. The molecule has 5 atom stereocenters. The molecule has 54 heavy (non-hydrogen) atoms. The van der Waals surface area contributed by atoms with Gasteiger partial charge in [-0.05, 0) is 55.2 Å². The molecule has 2 aromatic rings. The van der Waals surface area contributed by atoms with Crippen LogP contribution in [0, 0.1) is 5.92 Å². The van der Waals surface area contributed by atoms with E-state index in [1.54, 1.807) is 12.1 Å². The molecule has 16 nitrogen and oxygen atoms in total. The van der Waals surface area contributed by atoms with Gasteiger partial charge in [0.15, 0.2) is 29.5 Å². The highest BCUT2D eigenvalue weighted by molar-refractivity contribution is 7.82. The van der Waals surface area contributed by atoms with Crippen molar-refractivity contribution in [1.82, 2.24) is 0 Å². The summed E-state index contributed by atoms with van der Waals surface area (Å²) in [7, 11) is -3.36. The maximum absolute atomic E-state index is 13.3. The van der Waals surface area contributed by atoms with Crippen LogP contribution in [-0.2, 0) is 64.6 Å². The van der Waals surface area contributed by atoms with Gasteiger partial charge in [0, 0.05) is 65.9 Å². The van der Waals surface area contributed by atoms with Gasteiger partial charge in [-0.1, -0.05) is 25.5 Å². The van der Waals surface area contributed by atoms with E-state index < -0.39 is 70.4 Å². The van der Waals surface area contributed by atoms with Crippen molar-refractivity contribution in [3.05, 3.63) is 53.6 Å². The number of esters is 4. The summed E-state index contributed by atoms with van der Waals surface area (Å²) >= 11 is 0. The molecule has 298 valence electrons. The summed E-state index contributed by atoms with van der Waals surface area (Å²) in [4.78, 5) is 61.8. The average Bonchev–Trinajstić information content (AvgIpc) is 3.08. The van der Waals surface area contributed by atoms with E-state index in [1.807, 2.05) is 6.92 Å². The topological polar surface area (TPSA) is 203 Å². The molecular formula is C37H48O16S. The molecule has 2 aromatic carbocycles. The summed E-state index contributed by atoms with van der Waals surface area (Å²) in [6, 6.07) is 9.86. The summed E-state index contributed by atoms with van der Waals surface area (Å²) in [5.74, 6) is -5.01. The number of ketones is 1. The van der Waals surface area contributed by atoms with Crippen molar-refractivity contribution in [1.29, 1.82) is 0 Å². The van der Waals surface area contributed by atoms with E-state index >= 15 is 0 Å². The third-order valence-corrected chi connectivity index (χ3v) is 8.70. The molecule has 0 radical (unpaired) electrons. The van der Waals surface area contributed by atoms with Gasteiger partial charge in [-0.3, -0.25) is 24.0 Å². The molecule has 1 fully saturated rings. The Balaban J connectivity index is 2.03. The predicted octanol–water partition coefficient (Wildman–Crippen LogP) is 4.44. The summed E-state index contributed by atoms with van der Waals surface area (Å²) in [6.07, 6.45) is -3.15. The monoisotopic (exact) mass is 780 g/mol. The zero-order valence-electron chi connectivity index (χ0n) is 31.2. The lowest BCUT2D eigenvalue weighted by atomic mass is 9.80. The zero-order valence-corrected chi connectivity index (χ0v) is 32.0. The number of ether oxygens (including phenoxy) is 7. The molecule has 0 spiro atoms. The second-order valence-electron chi connectivity index (χ2n) is 12.5. The van der Waals surface area contributed by atoms with Gasteiger partial charge in [0.05, 0.1) is 13.2 Å². The van der Waals surface area contributed by atoms with Gasteiger partial charge in [0.2, 0.25) is 0 Å². The number of hydrogen-bond acceptors (Lipinski definition) is 16. The lowest BCUT2D eigenvalue weighted by molar-refractivity contribution is -0.213. The van der Waals surface area contributed by atoms with Crippen molar-refractivity contribution in [2.45, 2.75) is 97.7 Å². The van der Waals surface area contributed by atoms with Crippen LogP contribution < -0.4 is 13.1 Å². The second-order valence-corrected chi connectivity index (χ2v) is 13.6. The van der Waals surface area contributed by atoms with Crippen molar-refractivity contribution in [2.24, 2.45) is 5.92 Å². The molecule has 0 bridgehead atoms. The van der Waals surface area contributed by atoms with Crippen molar-refractivity contribution in [2.75, 3.05) is 26.9 Å². The van der Waals surface area contributed by atoms with Crippen LogP contribution >= 0.6 is 0 Å². The Morgan fingerprint density at radius 2 is 1.37 bits per heavy atom. The van der Waals surface area contributed by atoms with Crippen LogP contribution in [0.25, 0.3) is 0 Å². The number of rotatable bonds is 21. The van der Waals surface area contributed by atoms with Crippen molar-refractivity contribution in [3.8, 4) is 17.2 Å². The molecule has 0 aliphatic heterocycles. The highest BCUT2D eigenvalue weighted by Gasteiger charge is 2.52. The number of unbranched alkanes of at least 4 members (excludes halogenated alkanes) is 1. The predicted molar refractivity (Wildman–Crippen MR) is 189 cm³/mol. The van der Waals surface area contributed by atoms with Crippen molar-refractivity contribution in [3.63, 3.8) is 0 Å². The van der Waals surface area contributed by atoms with Crippen LogP contribution in [0.4, 0.5) is 0 Å². The molecular weight excluding hydrogens is 732 g/mol. The fourth-order valence-electron chi connectivity index (χ4n) is 5.64. The van der Waals surface area contributed by atoms with Gasteiger partial charge in [0.25, 0.3) is 0 Å². The first-order valence-electron chi connectivity index (χ1n) is 17.4. The van der Waals surface area contributed by atoms with E-state index in [0.717, 1.165) is 39.2 Å². The molecule has 0 heterocycles. The zero-order chi connectivity index (χ0) is 39.8. The highest BCUT2D eigenvalue weighted by atomic mass is 32.3. The SMILES string of the molecule is CCCCOCCCC(=O)c1ccc(OC2C[C@H](COC(C)=O)[C@H](OC(C)=O)[C@H](OC(C)=O)[C@H]2OC(C)=O)c(OS(=O)(=O)Oc2ccc(COC)cc2)c1. The van der Waals surface area contributed by atoms with Gasteiger partial charge in [-0.2, -0.15) is 0 Å². The molecule has 1 unspecified atom stereocenters. The average molecular weight is 781 g/mol. The quantitative estimate of drug-likeness (QED) is 0.0744. The van der Waals surface area contributed by atoms with Crippen LogP contribution in [0.2, 0.25) is 0 Å². The number of Topliss-reactive ketones (excluding diaryl/α,β-unsaturated/α-hetero) is 1. The fraction of sp³-hybridized carbons (Fsp3) is 0.541. The van der Waals surface area contributed by atoms with Crippen LogP contribution in [-0.4, -0.2) is 89.4 Å². The van der Waals surface area contributed by atoms with E-state index in [4.69, 9.17) is 41.5 Å². The first-order chi connectivity index (χ1) is 25.6. The lowest BCUT2D eigenvalue weighted by Crippen LogP contribution is -2.60. The number of benzene rings is 2. The third kappa shape index (κ3) is 14.2. The Bertz CT molecular complexity index is 1690. The largest absolute Gasteiger partial charge is 0.501 e. The number of carbonyl (C=O) groups excluding carboxylic acids is 5. The first-order valence-corrected chi connectivity index (χ1v) is 18.7. The minimum Gasteiger partial charge on any atom is -0.482 e. The Labute approximate surface area is 314 Å². The number of hydrogen-bond donors (Lipinski definition) is 0. The highest BCUT2D eigenvalue weighted by Crippen LogP contribution is 2.38. The molecule has 3 rings (SSSR count). The summed E-state index contributed by atoms with van der Waals surface area (Å²) in [5, 5.41) is 0. The Hall–Kier alpha value is -4.74. The molecule has 1 aliphatic carbocycles. The van der Waals surface area contributed by atoms with E-state index in [-0.39, 0.29) is 48.9 Å². The first kappa shape index (κ1) is 43.7. The van der Waals surface area contributed by atoms with Crippen LogP contribution in [0.15, 0.2) is 42.5 Å². The van der Waals surface area contributed by atoms with Gasteiger partial charge in [-0.25, -0.2) is 0 Å². The fourth-order valence-corrected chi connectivity index (χ4v) is 6.37. The van der Waals surface area contributed by atoms with E-state index in [2.05, 4.69) is 0 Å². The summed E-state index contributed by atoms with van der Waals surface area (Å²) < 4.78 is 75.8. The smallest absolute Gasteiger partial charge is 0.482 e. The van der Waals surface area contributed by atoms with Crippen LogP contribution in [0.3, 0.4) is 0 Å². The van der Waals surface area contributed by atoms with Gasteiger partial charge < -0.3 is 41.5 Å². The molecule has 0 N–H and O–H groups in total. The van der Waals surface area contributed by atoms with Crippen molar-refractivity contribution < 1.29 is 73.9 Å². The van der Waals surface area contributed by atoms with Gasteiger partial charge in [-0.15, -0.1) is 8.42 Å². The van der Waals surface area contributed by atoms with Crippen molar-refractivity contribution >= 4 is 40.1 Å². The van der Waals surface area contributed by atoms with E-state index in [1.165, 1.54) is 44.4 Å². The van der Waals surface area contributed by atoms with E-state index in [0.29, 0.717) is 19.6 Å². The lowest BCUT2D eigenvalue weighted by Gasteiger charge is -2.44. The van der Waals surface area contributed by atoms with Gasteiger partial charge >= 0.3 is 34.3 Å². The Morgan fingerprint density at radius 1 is 0.741 bits per heavy atom. The molecule has 1 aliphatic rings. The number of carbonyl (C=O) groups is 5. The maximum Gasteiger partial charge on any atom is 0.501 e. The third-order valence-electron chi connectivity index (χ3n) is 7.92. The Morgan fingerprint density at radius 3 is 1.98 bits per heavy atom. The van der Waals surface area contributed by atoms with E-state index in [9.17, 15) is 32.4 Å². The minimum atomic E-state index is -4.87. The Kier molecular flexibility index (Phi) is 17.2. The standard InChI is InChI=1S/C37H48O16S/c1-7-8-17-46-18-9-10-31(42)28-13-16-32(33(19-28)53-54(43,44)52-30-14-11-27(12-15-30)21-45-6)51-34-20-29(22-47-23(2)38)35(48-24(3)39)37(50-26(5)41)36(34)49-25(4)40/h11-16,19,29,34-37H,7-10,17-18,20-22H2,1-6H3/t29-,34?,35+,36+,37+/m1/s1. The van der Waals surface area contributed by atoms with Crippen LogP contribution in [0.5, 0.6) is 17.2 Å². The second kappa shape index (κ2) is 21.2. The molecule has 0 aromatic heterocycles.